The van der Waals surface area contributed by atoms with E-state index >= 15 is 0 Å². The Morgan fingerprint density at radius 1 is 1.07 bits per heavy atom. The van der Waals surface area contributed by atoms with Crippen molar-refractivity contribution in [3.05, 3.63) is 22.7 Å². The summed E-state index contributed by atoms with van der Waals surface area (Å²) in [4.78, 5) is 21.1. The first-order valence-electron chi connectivity index (χ1n) is 5.28. The van der Waals surface area contributed by atoms with Crippen molar-refractivity contribution in [1.82, 2.24) is 0 Å². The lowest BCUT2D eigenvalue weighted by Gasteiger charge is -2.03. The number of carbonyl (C=O) groups excluding carboxylic acids is 2. The molecule has 0 N–H and O–H groups in total. The molecule has 0 amide bonds. The lowest BCUT2D eigenvalue weighted by Crippen LogP contribution is -2.00. The standard InChI is InChI=1S/C6H7BrO.C6H8O/c7-5-3-1-2-4-6(5)8;7-6-4-2-1-3-5-6/h3H,1-2,4H2;2,4H,1,3,5H2. The van der Waals surface area contributed by atoms with E-state index in [4.69, 9.17) is 0 Å². The normalized spacial score (nSPS) is 20.5. The van der Waals surface area contributed by atoms with Crippen LogP contribution in [0.1, 0.15) is 38.5 Å². The fraction of sp³-hybridized carbons (Fsp3) is 0.500. The molecular weight excluding hydrogens is 256 g/mol. The van der Waals surface area contributed by atoms with Crippen molar-refractivity contribution < 1.29 is 9.59 Å². The van der Waals surface area contributed by atoms with Crippen LogP contribution in [0.2, 0.25) is 0 Å². The number of rotatable bonds is 0. The van der Waals surface area contributed by atoms with E-state index in [2.05, 4.69) is 15.9 Å². The molecule has 15 heavy (non-hydrogen) atoms. The summed E-state index contributed by atoms with van der Waals surface area (Å²) in [5.74, 6) is 0.530. The van der Waals surface area contributed by atoms with Crippen LogP contribution in [0.5, 0.6) is 0 Å². The number of hydrogen-bond acceptors (Lipinski definition) is 2. The highest BCUT2D eigenvalue weighted by Crippen LogP contribution is 2.17. The first-order valence-corrected chi connectivity index (χ1v) is 6.07. The Bertz CT molecular complexity index is 303. The number of hydrogen-bond donors (Lipinski definition) is 0. The van der Waals surface area contributed by atoms with E-state index in [1.807, 2.05) is 12.2 Å². The number of ketones is 2. The molecule has 0 spiro atoms. The number of carbonyl (C=O) groups is 2. The number of allylic oxidation sites excluding steroid dienone is 4. The largest absolute Gasteiger partial charge is 0.295 e. The van der Waals surface area contributed by atoms with Gasteiger partial charge in [0.1, 0.15) is 0 Å². The molecule has 0 heterocycles. The van der Waals surface area contributed by atoms with Gasteiger partial charge in [0, 0.05) is 12.8 Å². The van der Waals surface area contributed by atoms with Gasteiger partial charge in [0.15, 0.2) is 11.6 Å². The van der Waals surface area contributed by atoms with Crippen LogP contribution in [-0.2, 0) is 9.59 Å². The van der Waals surface area contributed by atoms with Crippen LogP contribution < -0.4 is 0 Å². The summed E-state index contributed by atoms with van der Waals surface area (Å²) in [6.07, 6.45) is 11.2. The summed E-state index contributed by atoms with van der Waals surface area (Å²) >= 11 is 3.17. The predicted molar refractivity (Wildman–Crippen MR) is 63.9 cm³/mol. The quantitative estimate of drug-likeness (QED) is 0.677. The topological polar surface area (TPSA) is 34.1 Å². The van der Waals surface area contributed by atoms with Gasteiger partial charge in [-0.25, -0.2) is 0 Å². The van der Waals surface area contributed by atoms with E-state index in [-0.39, 0.29) is 11.6 Å². The van der Waals surface area contributed by atoms with Gasteiger partial charge < -0.3 is 0 Å². The van der Waals surface area contributed by atoms with Crippen molar-refractivity contribution in [1.29, 1.82) is 0 Å². The maximum atomic E-state index is 10.7. The molecule has 0 aromatic heterocycles. The van der Waals surface area contributed by atoms with Crippen molar-refractivity contribution in [2.45, 2.75) is 38.5 Å². The zero-order valence-corrected chi connectivity index (χ0v) is 10.3. The van der Waals surface area contributed by atoms with Crippen LogP contribution >= 0.6 is 15.9 Å². The molecule has 0 radical (unpaired) electrons. The van der Waals surface area contributed by atoms with E-state index in [9.17, 15) is 9.59 Å². The Morgan fingerprint density at radius 2 is 1.80 bits per heavy atom. The van der Waals surface area contributed by atoms with Crippen molar-refractivity contribution in [3.63, 3.8) is 0 Å². The average Bonchev–Trinajstić information content (AvgIpc) is 2.25. The minimum Gasteiger partial charge on any atom is -0.295 e. The maximum Gasteiger partial charge on any atom is 0.169 e. The van der Waals surface area contributed by atoms with Crippen LogP contribution in [-0.4, -0.2) is 11.6 Å². The summed E-state index contributed by atoms with van der Waals surface area (Å²) in [7, 11) is 0. The predicted octanol–water partition coefficient (Wildman–Crippen LogP) is 3.31. The Morgan fingerprint density at radius 3 is 2.13 bits per heavy atom. The van der Waals surface area contributed by atoms with E-state index in [1.165, 1.54) is 0 Å². The van der Waals surface area contributed by atoms with Gasteiger partial charge in [0.05, 0.1) is 4.48 Å². The molecule has 0 unspecified atom stereocenters. The Labute approximate surface area is 98.6 Å². The van der Waals surface area contributed by atoms with Gasteiger partial charge in [-0.3, -0.25) is 9.59 Å². The summed E-state index contributed by atoms with van der Waals surface area (Å²) in [6, 6.07) is 0. The number of halogens is 1. The van der Waals surface area contributed by atoms with Gasteiger partial charge in [-0.2, -0.15) is 0 Å². The molecule has 0 aromatic rings. The second-order valence-corrected chi connectivity index (χ2v) is 4.48. The third kappa shape index (κ3) is 5.07. The molecule has 0 aliphatic heterocycles. The zero-order valence-electron chi connectivity index (χ0n) is 8.67. The summed E-state index contributed by atoms with van der Waals surface area (Å²) in [5, 5.41) is 0. The molecule has 0 bridgehead atoms. The summed E-state index contributed by atoms with van der Waals surface area (Å²) < 4.78 is 0.767. The molecule has 0 saturated heterocycles. The highest BCUT2D eigenvalue weighted by Gasteiger charge is 2.08. The third-order valence-electron chi connectivity index (χ3n) is 2.30. The molecule has 2 aliphatic carbocycles. The van der Waals surface area contributed by atoms with Gasteiger partial charge in [-0.15, -0.1) is 0 Å². The summed E-state index contributed by atoms with van der Waals surface area (Å²) in [5.41, 5.74) is 0. The van der Waals surface area contributed by atoms with Crippen molar-refractivity contribution in [3.8, 4) is 0 Å². The summed E-state index contributed by atoms with van der Waals surface area (Å²) in [6.45, 7) is 0. The Hall–Kier alpha value is -0.700. The average molecular weight is 271 g/mol. The minimum absolute atomic E-state index is 0.247. The third-order valence-corrected chi connectivity index (χ3v) is 3.06. The lowest BCUT2D eigenvalue weighted by atomic mass is 10.1. The van der Waals surface area contributed by atoms with Crippen LogP contribution in [0, 0.1) is 0 Å². The number of Topliss-reactive ketones (excluding diaryl/α,β-unsaturated/α-hetero) is 1. The van der Waals surface area contributed by atoms with E-state index in [0.29, 0.717) is 0 Å². The molecule has 3 heteroatoms. The monoisotopic (exact) mass is 270 g/mol. The van der Waals surface area contributed by atoms with Crippen molar-refractivity contribution in [2.75, 3.05) is 0 Å². The molecule has 0 atom stereocenters. The van der Waals surface area contributed by atoms with Crippen LogP contribution in [0.25, 0.3) is 0 Å². The highest BCUT2D eigenvalue weighted by molar-refractivity contribution is 9.12. The van der Waals surface area contributed by atoms with E-state index in [0.717, 1.165) is 43.0 Å². The van der Waals surface area contributed by atoms with Crippen LogP contribution in [0.4, 0.5) is 0 Å². The SMILES string of the molecule is O=C1C=CCCC1.O=C1CCCC=C1Br. The van der Waals surface area contributed by atoms with E-state index in [1.54, 1.807) is 6.08 Å². The van der Waals surface area contributed by atoms with Crippen LogP contribution in [0.15, 0.2) is 22.7 Å². The molecule has 2 rings (SSSR count). The first kappa shape index (κ1) is 12.4. The van der Waals surface area contributed by atoms with Crippen molar-refractivity contribution in [2.24, 2.45) is 0 Å². The van der Waals surface area contributed by atoms with Gasteiger partial charge in [-0.05, 0) is 47.7 Å². The highest BCUT2D eigenvalue weighted by atomic mass is 79.9. The Balaban J connectivity index is 0.000000151. The first-order chi connectivity index (χ1) is 7.20. The second kappa shape index (κ2) is 6.72. The van der Waals surface area contributed by atoms with Crippen LogP contribution in [0.3, 0.4) is 0 Å². The van der Waals surface area contributed by atoms with E-state index < -0.39 is 0 Å². The minimum atomic E-state index is 0.247. The molecule has 2 aliphatic rings. The van der Waals surface area contributed by atoms with Gasteiger partial charge in [0.2, 0.25) is 0 Å². The fourth-order valence-corrected chi connectivity index (χ4v) is 1.84. The molecule has 82 valence electrons. The maximum absolute atomic E-state index is 10.7. The second-order valence-electron chi connectivity index (χ2n) is 3.63. The van der Waals surface area contributed by atoms with Gasteiger partial charge in [0.25, 0.3) is 0 Å². The fourth-order valence-electron chi connectivity index (χ4n) is 1.42. The molecular formula is C12H15BrO2. The Kier molecular flexibility index (Phi) is 5.54. The van der Waals surface area contributed by atoms with Gasteiger partial charge in [-0.1, -0.05) is 12.2 Å². The zero-order chi connectivity index (χ0) is 11.1. The molecule has 0 fully saturated rings. The lowest BCUT2D eigenvalue weighted by molar-refractivity contribution is -0.115. The smallest absolute Gasteiger partial charge is 0.169 e. The molecule has 0 aromatic carbocycles. The van der Waals surface area contributed by atoms with Gasteiger partial charge >= 0.3 is 0 Å². The molecule has 0 saturated carbocycles. The molecule has 2 nitrogen and oxygen atoms in total. The van der Waals surface area contributed by atoms with Crippen molar-refractivity contribution >= 4 is 27.5 Å².